The van der Waals surface area contributed by atoms with Crippen molar-refractivity contribution in [3.63, 3.8) is 0 Å². The maximum absolute atomic E-state index is 6.24. The topological polar surface area (TPSA) is 38.9 Å². The van der Waals surface area contributed by atoms with Crippen molar-refractivity contribution in [1.29, 1.82) is 0 Å². The number of hydrogen-bond donors (Lipinski definition) is 0. The van der Waals surface area contributed by atoms with Crippen molar-refractivity contribution in [3.05, 3.63) is 253 Å². The van der Waals surface area contributed by atoms with Crippen LogP contribution >= 0.6 is 0 Å². The van der Waals surface area contributed by atoms with Gasteiger partial charge in [0.1, 0.15) is 11.2 Å². The van der Waals surface area contributed by atoms with E-state index in [0.717, 1.165) is 66.7 Å². The molecule has 62 heavy (non-hydrogen) atoms. The Labute approximate surface area is 360 Å². The lowest BCUT2D eigenvalue weighted by Gasteiger charge is -2.34. The van der Waals surface area contributed by atoms with Crippen molar-refractivity contribution in [1.82, 2.24) is 9.97 Å². The summed E-state index contributed by atoms with van der Waals surface area (Å²) in [7, 11) is 0. The molecule has 0 N–H and O–H groups in total. The van der Waals surface area contributed by atoms with Crippen LogP contribution in [-0.2, 0) is 5.41 Å². The second-order valence-corrected chi connectivity index (χ2v) is 16.0. The molecule has 0 amide bonds. The molecule has 1 aliphatic rings. The number of fused-ring (bicyclic) bond motifs is 6. The van der Waals surface area contributed by atoms with Gasteiger partial charge >= 0.3 is 0 Å². The predicted molar refractivity (Wildman–Crippen MR) is 254 cm³/mol. The third-order valence-electron chi connectivity index (χ3n) is 12.6. The average Bonchev–Trinajstić information content (AvgIpc) is 3.88. The molecule has 1 aliphatic carbocycles. The number of furan rings is 1. The molecule has 0 atom stereocenters. The van der Waals surface area contributed by atoms with Gasteiger partial charge in [0.05, 0.1) is 16.8 Å². The second kappa shape index (κ2) is 14.5. The number of rotatable bonds is 7. The van der Waals surface area contributed by atoms with E-state index in [1.807, 2.05) is 30.3 Å². The zero-order valence-corrected chi connectivity index (χ0v) is 33.7. The van der Waals surface area contributed by atoms with E-state index >= 15 is 0 Å². The molecule has 12 rings (SSSR count). The fraction of sp³-hybridized carbons (Fsp3) is 0.0169. The lowest BCUT2D eigenvalue weighted by Crippen LogP contribution is -2.28. The first-order valence-electron chi connectivity index (χ1n) is 21.1. The van der Waals surface area contributed by atoms with Gasteiger partial charge in [-0.1, -0.05) is 206 Å². The quantitative estimate of drug-likeness (QED) is 0.161. The van der Waals surface area contributed by atoms with E-state index in [9.17, 15) is 0 Å². The summed E-state index contributed by atoms with van der Waals surface area (Å²) in [6.45, 7) is 0. The summed E-state index contributed by atoms with van der Waals surface area (Å²) in [5.74, 6) is 0.683. The van der Waals surface area contributed by atoms with Crippen molar-refractivity contribution in [3.8, 4) is 67.3 Å². The van der Waals surface area contributed by atoms with Gasteiger partial charge in [-0.05, 0) is 79.9 Å². The van der Waals surface area contributed by atoms with E-state index in [-0.39, 0.29) is 0 Å². The molecule has 0 saturated heterocycles. The highest BCUT2D eigenvalue weighted by Crippen LogP contribution is 2.58. The van der Waals surface area contributed by atoms with Crippen molar-refractivity contribution in [2.45, 2.75) is 5.41 Å². The van der Waals surface area contributed by atoms with Crippen LogP contribution in [0.1, 0.15) is 22.3 Å². The summed E-state index contributed by atoms with van der Waals surface area (Å²) in [5, 5.41) is 2.26. The molecule has 0 unspecified atom stereocenters. The first-order valence-corrected chi connectivity index (χ1v) is 21.1. The fourth-order valence-electron chi connectivity index (χ4n) is 9.85. The average molecular weight is 791 g/mol. The Morgan fingerprint density at radius 2 is 0.871 bits per heavy atom. The van der Waals surface area contributed by atoms with Crippen LogP contribution in [0.4, 0.5) is 0 Å². The zero-order valence-electron chi connectivity index (χ0n) is 33.7. The van der Waals surface area contributed by atoms with Gasteiger partial charge in [0.25, 0.3) is 0 Å². The molecule has 3 nitrogen and oxygen atoms in total. The van der Waals surface area contributed by atoms with Crippen molar-refractivity contribution in [2.24, 2.45) is 0 Å². The van der Waals surface area contributed by atoms with Gasteiger partial charge in [-0.2, -0.15) is 0 Å². The van der Waals surface area contributed by atoms with E-state index in [1.54, 1.807) is 0 Å². The Morgan fingerprint density at radius 1 is 0.323 bits per heavy atom. The van der Waals surface area contributed by atoms with Gasteiger partial charge in [0, 0.05) is 27.5 Å². The molecule has 2 aromatic heterocycles. The number of aromatic nitrogens is 2. The third-order valence-corrected chi connectivity index (χ3v) is 12.6. The van der Waals surface area contributed by atoms with Crippen LogP contribution in [0.15, 0.2) is 235 Å². The van der Waals surface area contributed by atoms with E-state index < -0.39 is 5.41 Å². The Hall–Kier alpha value is -8.14. The van der Waals surface area contributed by atoms with Crippen LogP contribution in [0, 0.1) is 0 Å². The van der Waals surface area contributed by atoms with Crippen LogP contribution in [0.25, 0.3) is 89.2 Å². The minimum Gasteiger partial charge on any atom is -0.456 e. The SMILES string of the molecule is c1ccc(-c2nc(-c3ccc(-c4ccc5c(c4)oc4ccccc45)cc3)cc(-c3ccccc3-c3cccc4c3-c3ccccc3C4(c3ccccc3)c3ccccc3)n2)cc1. The van der Waals surface area contributed by atoms with Crippen LogP contribution in [0.2, 0.25) is 0 Å². The molecule has 0 bridgehead atoms. The molecular weight excluding hydrogens is 753 g/mol. The molecule has 9 aromatic carbocycles. The molecule has 0 saturated carbocycles. The fourth-order valence-corrected chi connectivity index (χ4v) is 9.85. The molecule has 3 heteroatoms. The van der Waals surface area contributed by atoms with Gasteiger partial charge in [-0.15, -0.1) is 0 Å². The number of para-hydroxylation sites is 1. The first kappa shape index (κ1) is 35.8. The molecule has 0 radical (unpaired) electrons. The molecule has 2 heterocycles. The summed E-state index contributed by atoms with van der Waals surface area (Å²) >= 11 is 0. The van der Waals surface area contributed by atoms with Gasteiger partial charge in [0.2, 0.25) is 0 Å². The number of nitrogens with zero attached hydrogens (tertiary/aromatic N) is 2. The van der Waals surface area contributed by atoms with Crippen molar-refractivity contribution in [2.75, 3.05) is 0 Å². The predicted octanol–water partition coefficient (Wildman–Crippen LogP) is 15.1. The Bertz CT molecular complexity index is 3400. The van der Waals surface area contributed by atoms with E-state index in [2.05, 4.69) is 200 Å². The van der Waals surface area contributed by atoms with Gasteiger partial charge in [-0.3, -0.25) is 0 Å². The summed E-state index contributed by atoms with van der Waals surface area (Å²) in [4.78, 5) is 10.6. The smallest absolute Gasteiger partial charge is 0.160 e. The summed E-state index contributed by atoms with van der Waals surface area (Å²) in [5.41, 5.74) is 18.1. The van der Waals surface area contributed by atoms with Crippen molar-refractivity contribution < 1.29 is 4.42 Å². The standard InChI is InChI=1S/C59H38N2O/c1-4-17-41(18-5-1)58-60-53(40-33-31-39(32-34-40)42-35-36-48-47-25-13-15-30-55(47)62-56(48)37-42)38-54(61-58)46-24-11-10-23-45(46)49-27-16-29-52-57(49)50-26-12-14-28-51(50)59(52,43-19-6-2-7-20-43)44-21-8-3-9-22-44/h1-38H. The monoisotopic (exact) mass is 790 g/mol. The number of hydrogen-bond acceptors (Lipinski definition) is 3. The van der Waals surface area contributed by atoms with Crippen LogP contribution < -0.4 is 0 Å². The minimum atomic E-state index is -0.494. The Morgan fingerprint density at radius 3 is 1.63 bits per heavy atom. The summed E-state index contributed by atoms with van der Waals surface area (Å²) in [6, 6.07) is 82.2. The lowest BCUT2D eigenvalue weighted by atomic mass is 9.67. The van der Waals surface area contributed by atoms with Crippen LogP contribution in [0.5, 0.6) is 0 Å². The normalized spacial score (nSPS) is 12.6. The third kappa shape index (κ3) is 5.67. The largest absolute Gasteiger partial charge is 0.456 e. The van der Waals surface area contributed by atoms with Crippen LogP contribution in [-0.4, -0.2) is 9.97 Å². The second-order valence-electron chi connectivity index (χ2n) is 16.0. The van der Waals surface area contributed by atoms with Gasteiger partial charge in [0.15, 0.2) is 5.82 Å². The number of benzene rings is 9. The van der Waals surface area contributed by atoms with E-state index in [0.29, 0.717) is 5.82 Å². The molecule has 0 fully saturated rings. The highest BCUT2D eigenvalue weighted by Gasteiger charge is 2.46. The first-order chi connectivity index (χ1) is 30.7. The lowest BCUT2D eigenvalue weighted by molar-refractivity contribution is 0.669. The van der Waals surface area contributed by atoms with Crippen molar-refractivity contribution >= 4 is 21.9 Å². The van der Waals surface area contributed by atoms with Gasteiger partial charge in [-0.25, -0.2) is 9.97 Å². The molecular formula is C59H38N2O. The van der Waals surface area contributed by atoms with E-state index in [1.165, 1.54) is 38.9 Å². The summed E-state index contributed by atoms with van der Waals surface area (Å²) in [6.07, 6.45) is 0. The maximum atomic E-state index is 6.24. The molecule has 290 valence electrons. The van der Waals surface area contributed by atoms with E-state index in [4.69, 9.17) is 14.4 Å². The molecule has 0 spiro atoms. The van der Waals surface area contributed by atoms with Crippen LogP contribution in [0.3, 0.4) is 0 Å². The zero-order chi connectivity index (χ0) is 41.0. The molecule has 11 aromatic rings. The highest BCUT2D eigenvalue weighted by molar-refractivity contribution is 6.06. The summed E-state index contributed by atoms with van der Waals surface area (Å²) < 4.78 is 6.24. The van der Waals surface area contributed by atoms with Gasteiger partial charge < -0.3 is 4.42 Å². The Kier molecular flexibility index (Phi) is 8.39. The molecule has 0 aliphatic heterocycles. The Balaban J connectivity index is 1.01. The highest BCUT2D eigenvalue weighted by atomic mass is 16.3. The minimum absolute atomic E-state index is 0.494. The maximum Gasteiger partial charge on any atom is 0.160 e.